The number of carbonyl (C=O) groups is 4. The van der Waals surface area contributed by atoms with E-state index in [1.54, 1.807) is 18.2 Å². The molecule has 300 valence electrons. The third kappa shape index (κ3) is 30.7. The lowest BCUT2D eigenvalue weighted by Gasteiger charge is -2.28. The van der Waals surface area contributed by atoms with Gasteiger partial charge in [0.05, 0.1) is 31.6 Å². The minimum absolute atomic E-state index is 0.698. The number of hydrogen-bond donors (Lipinski definition) is 0. The largest absolute Gasteiger partial charge is 0.446 e. The van der Waals surface area contributed by atoms with Crippen LogP contribution in [0.4, 0.5) is 0 Å². The van der Waals surface area contributed by atoms with Crippen molar-refractivity contribution in [3.63, 3.8) is 0 Å². The maximum absolute atomic E-state index is 13.4. The van der Waals surface area contributed by atoms with E-state index >= 15 is 0 Å². The fourth-order valence-electron chi connectivity index (χ4n) is 6.00. The Morgan fingerprint density at radius 3 is 1.02 bits per heavy atom. The number of esters is 4. The first kappa shape index (κ1) is 49.1. The van der Waals surface area contributed by atoms with Gasteiger partial charge in [0.2, 0.25) is 5.60 Å². The second-order valence-corrected chi connectivity index (χ2v) is 14.2. The van der Waals surface area contributed by atoms with Crippen molar-refractivity contribution >= 4 is 23.9 Å². The van der Waals surface area contributed by atoms with Gasteiger partial charge in [-0.05, 0) is 56.8 Å². The topological polar surface area (TPSA) is 105 Å². The van der Waals surface area contributed by atoms with E-state index in [0.29, 0.717) is 6.42 Å². The molecular formula is C44H76O8. The molecule has 8 nitrogen and oxygen atoms in total. The zero-order chi connectivity index (χ0) is 38.4. The minimum atomic E-state index is -2.24. The van der Waals surface area contributed by atoms with Crippen molar-refractivity contribution in [3.05, 3.63) is 37.0 Å². The first-order valence-corrected chi connectivity index (χ1v) is 21.1. The zero-order valence-corrected chi connectivity index (χ0v) is 33.7. The maximum Gasteiger partial charge on any atom is 0.356 e. The molecule has 52 heavy (non-hydrogen) atoms. The predicted octanol–water partition coefficient (Wildman–Crippen LogP) is 12.8. The van der Waals surface area contributed by atoms with Gasteiger partial charge in [0.25, 0.3) is 0 Å². The Labute approximate surface area is 317 Å². The van der Waals surface area contributed by atoms with E-state index < -0.39 is 42.3 Å². The van der Waals surface area contributed by atoms with E-state index in [2.05, 4.69) is 20.8 Å². The van der Waals surface area contributed by atoms with Crippen molar-refractivity contribution in [3.8, 4) is 0 Å². The molecule has 0 saturated heterocycles. The highest BCUT2D eigenvalue weighted by molar-refractivity contribution is 5.92. The molecule has 0 saturated carbocycles. The summed E-state index contributed by atoms with van der Waals surface area (Å²) in [6, 6.07) is 0. The van der Waals surface area contributed by atoms with Crippen LogP contribution in [0.3, 0.4) is 0 Å². The molecule has 0 aromatic heterocycles. The molecule has 0 unspecified atom stereocenters. The molecule has 0 rings (SSSR count). The van der Waals surface area contributed by atoms with Gasteiger partial charge >= 0.3 is 23.9 Å². The summed E-state index contributed by atoms with van der Waals surface area (Å²) in [5.74, 6) is -3.52. The molecule has 0 spiro atoms. The summed E-state index contributed by atoms with van der Waals surface area (Å²) in [6.07, 6.45) is 38.6. The molecular weight excluding hydrogens is 656 g/mol. The Morgan fingerprint density at radius 1 is 0.423 bits per heavy atom. The van der Waals surface area contributed by atoms with Gasteiger partial charge in [0.1, 0.15) is 0 Å². The van der Waals surface area contributed by atoms with Crippen LogP contribution in [0.5, 0.6) is 0 Å². The molecule has 0 aromatic carbocycles. The minimum Gasteiger partial charge on any atom is -0.446 e. The summed E-state index contributed by atoms with van der Waals surface area (Å²) in [6.45, 7) is 7.75. The fraction of sp³-hybridized carbons (Fsp3) is 0.773. The van der Waals surface area contributed by atoms with E-state index in [4.69, 9.17) is 18.9 Å². The monoisotopic (exact) mass is 733 g/mol. The second-order valence-electron chi connectivity index (χ2n) is 14.2. The smallest absolute Gasteiger partial charge is 0.356 e. The molecule has 0 amide bonds. The van der Waals surface area contributed by atoms with E-state index in [1.165, 1.54) is 128 Å². The van der Waals surface area contributed by atoms with Crippen molar-refractivity contribution < 1.29 is 38.1 Å². The fourth-order valence-corrected chi connectivity index (χ4v) is 6.00. The highest BCUT2D eigenvalue weighted by Gasteiger charge is 2.48. The summed E-state index contributed by atoms with van der Waals surface area (Å²) >= 11 is 0. The van der Waals surface area contributed by atoms with Crippen molar-refractivity contribution in [2.75, 3.05) is 0 Å². The Hall–Kier alpha value is -2.90. The quantitative estimate of drug-likeness (QED) is 0.0271. The van der Waals surface area contributed by atoms with Crippen LogP contribution in [0.15, 0.2) is 37.0 Å². The average molecular weight is 733 g/mol. The van der Waals surface area contributed by atoms with E-state index in [9.17, 15) is 19.2 Å². The van der Waals surface area contributed by atoms with Crippen LogP contribution in [-0.4, -0.2) is 29.5 Å². The third-order valence-corrected chi connectivity index (χ3v) is 9.11. The Kier molecular flexibility index (Phi) is 34.4. The van der Waals surface area contributed by atoms with Gasteiger partial charge in [0, 0.05) is 6.92 Å². The molecule has 0 radical (unpaired) electrons. The van der Waals surface area contributed by atoms with Gasteiger partial charge in [-0.2, -0.15) is 0 Å². The SMILES string of the molecule is CCCCCCCCCCC=COC(=O)CC(CC(=O)OC=CCCCCCCCCCC)(OC(C)=O)C(=O)OC=CCCCCCCCCCC. The lowest BCUT2D eigenvalue weighted by Crippen LogP contribution is -2.47. The Bertz CT molecular complexity index is 937. The lowest BCUT2D eigenvalue weighted by molar-refractivity contribution is -0.185. The van der Waals surface area contributed by atoms with Crippen molar-refractivity contribution in [1.82, 2.24) is 0 Å². The van der Waals surface area contributed by atoms with Crippen molar-refractivity contribution in [2.45, 2.75) is 219 Å². The van der Waals surface area contributed by atoms with Crippen LogP contribution in [0, 0.1) is 0 Å². The van der Waals surface area contributed by atoms with Crippen LogP contribution in [0.25, 0.3) is 0 Å². The first-order chi connectivity index (χ1) is 25.3. The molecule has 0 heterocycles. The predicted molar refractivity (Wildman–Crippen MR) is 211 cm³/mol. The molecule has 0 aliphatic heterocycles. The molecule has 0 aliphatic carbocycles. The number of rotatable bonds is 36. The molecule has 0 aliphatic rings. The number of allylic oxidation sites excluding steroid dienone is 3. The summed E-state index contributed by atoms with van der Waals surface area (Å²) in [5.41, 5.74) is -2.24. The van der Waals surface area contributed by atoms with Gasteiger partial charge in [-0.3, -0.25) is 14.4 Å². The van der Waals surface area contributed by atoms with Crippen molar-refractivity contribution in [1.29, 1.82) is 0 Å². The van der Waals surface area contributed by atoms with Gasteiger partial charge in [-0.25, -0.2) is 4.79 Å². The zero-order valence-electron chi connectivity index (χ0n) is 33.7. The van der Waals surface area contributed by atoms with Crippen LogP contribution >= 0.6 is 0 Å². The standard InChI is InChI=1S/C44H76O8/c1-5-8-11-14-17-20-23-26-29-32-35-49-41(46)38-44(52-40(4)45,43(48)51-37-34-31-28-25-22-19-16-13-10-7-3)39-42(47)50-36-33-30-27-24-21-18-15-12-9-6-2/h32-37H,5-31,38-39H2,1-4H3. The number of carbonyl (C=O) groups excluding carboxylic acids is 4. The Balaban J connectivity index is 5.18. The number of unbranched alkanes of at least 4 members (excludes halogenated alkanes) is 24. The molecule has 0 aromatic rings. The molecule has 8 heteroatoms. The second kappa shape index (κ2) is 36.5. The average Bonchev–Trinajstić information content (AvgIpc) is 3.11. The van der Waals surface area contributed by atoms with Gasteiger partial charge in [-0.1, -0.05) is 156 Å². The van der Waals surface area contributed by atoms with E-state index in [-0.39, 0.29) is 0 Å². The van der Waals surface area contributed by atoms with Gasteiger partial charge in [-0.15, -0.1) is 0 Å². The van der Waals surface area contributed by atoms with Crippen LogP contribution in [0.2, 0.25) is 0 Å². The summed E-state index contributed by atoms with van der Waals surface area (Å²) in [5, 5.41) is 0. The summed E-state index contributed by atoms with van der Waals surface area (Å²) in [7, 11) is 0. The number of hydrogen-bond acceptors (Lipinski definition) is 8. The maximum atomic E-state index is 13.4. The van der Waals surface area contributed by atoms with Crippen LogP contribution in [0.1, 0.15) is 214 Å². The molecule has 0 N–H and O–H groups in total. The highest BCUT2D eigenvalue weighted by Crippen LogP contribution is 2.26. The summed E-state index contributed by atoms with van der Waals surface area (Å²) in [4.78, 5) is 51.6. The normalized spacial score (nSPS) is 12.8. The third-order valence-electron chi connectivity index (χ3n) is 9.11. The van der Waals surface area contributed by atoms with E-state index in [0.717, 1.165) is 64.7 Å². The molecule has 0 fully saturated rings. The molecule has 0 atom stereocenters. The van der Waals surface area contributed by atoms with Crippen molar-refractivity contribution in [2.24, 2.45) is 0 Å². The first-order valence-electron chi connectivity index (χ1n) is 21.1. The van der Waals surface area contributed by atoms with Crippen LogP contribution < -0.4 is 0 Å². The Morgan fingerprint density at radius 2 is 0.712 bits per heavy atom. The van der Waals surface area contributed by atoms with Crippen LogP contribution in [-0.2, 0) is 38.1 Å². The lowest BCUT2D eigenvalue weighted by atomic mass is 9.95. The molecule has 0 bridgehead atoms. The van der Waals surface area contributed by atoms with E-state index in [1.807, 2.05) is 0 Å². The number of ether oxygens (including phenoxy) is 4. The summed E-state index contributed by atoms with van der Waals surface area (Å²) < 4.78 is 21.3. The van der Waals surface area contributed by atoms with Gasteiger partial charge in [0.15, 0.2) is 0 Å². The van der Waals surface area contributed by atoms with Gasteiger partial charge < -0.3 is 18.9 Å². The highest BCUT2D eigenvalue weighted by atomic mass is 16.6.